The van der Waals surface area contributed by atoms with Gasteiger partial charge in [0.05, 0.1) is 25.3 Å². The van der Waals surface area contributed by atoms with E-state index in [1.165, 1.54) is 0 Å². The molecule has 1 amide bonds. The Labute approximate surface area is 201 Å². The molecule has 0 saturated carbocycles. The van der Waals surface area contributed by atoms with Crippen molar-refractivity contribution < 1.29 is 22.7 Å². The summed E-state index contributed by atoms with van der Waals surface area (Å²) in [6.45, 7) is 7.23. The maximum atomic E-state index is 14.0. The number of morpholine rings is 1. The number of ether oxygens (including phenoxy) is 1. The number of rotatable bonds is 7. The number of nitrogens with zero attached hydrogens (tertiary/aromatic N) is 4. The number of piperidine rings is 1. The first-order valence-corrected chi connectivity index (χ1v) is 12.6. The van der Waals surface area contributed by atoms with Gasteiger partial charge < -0.3 is 9.64 Å². The number of thioether (sulfide) groups is 1. The third-order valence-electron chi connectivity index (χ3n) is 6.36. The molecule has 2 fully saturated rings. The van der Waals surface area contributed by atoms with Gasteiger partial charge in [-0.2, -0.15) is 0 Å². The molecule has 2 saturated heterocycles. The zero-order valence-electron chi connectivity index (χ0n) is 19.2. The molecule has 184 valence electrons. The molecule has 34 heavy (non-hydrogen) atoms. The predicted octanol–water partition coefficient (Wildman–Crippen LogP) is 3.58. The van der Waals surface area contributed by atoms with E-state index in [-0.39, 0.29) is 5.92 Å². The van der Waals surface area contributed by atoms with Crippen molar-refractivity contribution in [2.24, 2.45) is 0 Å². The molecule has 1 atom stereocenters. The first-order valence-electron chi connectivity index (χ1n) is 11.6. The number of amides is 1. The van der Waals surface area contributed by atoms with E-state index in [0.29, 0.717) is 18.2 Å². The minimum absolute atomic E-state index is 0.0153. The lowest BCUT2D eigenvalue weighted by Gasteiger charge is -2.33. The zero-order valence-corrected chi connectivity index (χ0v) is 20.1. The largest absolute Gasteiger partial charge is 0.379 e. The van der Waals surface area contributed by atoms with Crippen LogP contribution in [-0.2, 0) is 16.0 Å². The molecule has 0 bridgehead atoms. The number of aromatic nitrogens is 2. The van der Waals surface area contributed by atoms with Crippen LogP contribution in [0.15, 0.2) is 23.5 Å². The summed E-state index contributed by atoms with van der Waals surface area (Å²) >= 11 is 1.61. The maximum absolute atomic E-state index is 14.0. The van der Waals surface area contributed by atoms with E-state index in [9.17, 15) is 18.0 Å². The lowest BCUT2D eigenvalue weighted by Crippen LogP contribution is -2.40. The fourth-order valence-corrected chi connectivity index (χ4v) is 5.26. The molecule has 2 aromatic rings. The van der Waals surface area contributed by atoms with Crippen molar-refractivity contribution in [3.63, 3.8) is 0 Å². The minimum atomic E-state index is -1.30. The summed E-state index contributed by atoms with van der Waals surface area (Å²) in [7, 11) is 0. The van der Waals surface area contributed by atoms with Crippen LogP contribution in [0.5, 0.6) is 0 Å². The number of aryl methyl sites for hydroxylation is 1. The third-order valence-corrected chi connectivity index (χ3v) is 7.20. The van der Waals surface area contributed by atoms with Gasteiger partial charge in [-0.15, -0.1) is 0 Å². The van der Waals surface area contributed by atoms with E-state index in [1.54, 1.807) is 16.7 Å². The van der Waals surface area contributed by atoms with Gasteiger partial charge in [-0.3, -0.25) is 9.69 Å². The van der Waals surface area contributed by atoms with Crippen LogP contribution in [0.4, 0.5) is 13.2 Å². The summed E-state index contributed by atoms with van der Waals surface area (Å²) in [5.41, 5.74) is 1.34. The number of hydrogen-bond acceptors (Lipinski definition) is 6. The van der Waals surface area contributed by atoms with Crippen LogP contribution in [0, 0.1) is 24.4 Å². The van der Waals surface area contributed by atoms with E-state index in [2.05, 4.69) is 9.88 Å². The van der Waals surface area contributed by atoms with Crippen LogP contribution >= 0.6 is 11.8 Å². The maximum Gasteiger partial charge on any atom is 0.227 e. The van der Waals surface area contributed by atoms with Gasteiger partial charge in [0.25, 0.3) is 0 Å². The molecule has 0 radical (unpaired) electrons. The lowest BCUT2D eigenvalue weighted by atomic mass is 9.92. The molecule has 0 unspecified atom stereocenters. The zero-order chi connectivity index (χ0) is 24.1. The molecule has 3 heterocycles. The molecule has 1 aromatic heterocycles. The monoisotopic (exact) mass is 494 g/mol. The Morgan fingerprint density at radius 3 is 2.74 bits per heavy atom. The van der Waals surface area contributed by atoms with Crippen LogP contribution in [0.25, 0.3) is 0 Å². The molecule has 0 aliphatic carbocycles. The van der Waals surface area contributed by atoms with E-state index in [0.717, 1.165) is 74.8 Å². The highest BCUT2D eigenvalue weighted by Crippen LogP contribution is 2.29. The average molecular weight is 495 g/mol. The van der Waals surface area contributed by atoms with Crippen LogP contribution < -0.4 is 0 Å². The second-order valence-electron chi connectivity index (χ2n) is 8.70. The Morgan fingerprint density at radius 1 is 1.18 bits per heavy atom. The van der Waals surface area contributed by atoms with Crippen molar-refractivity contribution in [2.45, 2.75) is 37.3 Å². The van der Waals surface area contributed by atoms with Crippen molar-refractivity contribution in [1.82, 2.24) is 19.8 Å². The molecule has 2 aliphatic heterocycles. The number of likely N-dealkylation sites (tertiary alicyclic amines) is 1. The first-order chi connectivity index (χ1) is 16.4. The van der Waals surface area contributed by atoms with Gasteiger partial charge in [-0.1, -0.05) is 11.8 Å². The standard InChI is InChI=1S/C24H29F3N4O2S/c1-16-14-28-24(34-12-9-30-7-10-33-11-8-30)29-23(16)17-3-2-6-31(15-17)21(32)13-18-19(25)4-5-20(26)22(18)27/h4-5,14,17H,2-3,6-13,15H2,1H3/t17-/m0/s1. The van der Waals surface area contributed by atoms with Crippen molar-refractivity contribution in [1.29, 1.82) is 0 Å². The van der Waals surface area contributed by atoms with E-state index < -0.39 is 35.3 Å². The molecule has 6 nitrogen and oxygen atoms in total. The van der Waals surface area contributed by atoms with Gasteiger partial charge in [0.1, 0.15) is 5.82 Å². The second kappa shape index (κ2) is 11.5. The molecular formula is C24H29F3N4O2S. The molecular weight excluding hydrogens is 465 g/mol. The molecule has 0 spiro atoms. The predicted molar refractivity (Wildman–Crippen MR) is 123 cm³/mol. The lowest BCUT2D eigenvalue weighted by molar-refractivity contribution is -0.131. The highest BCUT2D eigenvalue weighted by Gasteiger charge is 2.28. The van der Waals surface area contributed by atoms with Crippen molar-refractivity contribution in [3.05, 3.63) is 52.6 Å². The summed E-state index contributed by atoms with van der Waals surface area (Å²) in [6, 6.07) is 1.58. The molecule has 10 heteroatoms. The van der Waals surface area contributed by atoms with Gasteiger partial charge in [0, 0.05) is 56.2 Å². The SMILES string of the molecule is Cc1cnc(SCCN2CCOCC2)nc1[C@H]1CCCN(C(=O)Cc2c(F)ccc(F)c2F)C1. The highest BCUT2D eigenvalue weighted by molar-refractivity contribution is 7.99. The van der Waals surface area contributed by atoms with Crippen molar-refractivity contribution in [3.8, 4) is 0 Å². The average Bonchev–Trinajstić information content (AvgIpc) is 2.86. The highest BCUT2D eigenvalue weighted by atomic mass is 32.2. The van der Waals surface area contributed by atoms with Crippen LogP contribution in [0.2, 0.25) is 0 Å². The fourth-order valence-electron chi connectivity index (χ4n) is 4.43. The molecule has 4 rings (SSSR count). The smallest absolute Gasteiger partial charge is 0.227 e. The van der Waals surface area contributed by atoms with E-state index >= 15 is 0 Å². The van der Waals surface area contributed by atoms with Gasteiger partial charge in [0.15, 0.2) is 16.8 Å². The summed E-state index contributed by atoms with van der Waals surface area (Å²) in [5.74, 6) is -2.89. The van der Waals surface area contributed by atoms with Gasteiger partial charge in [0.2, 0.25) is 5.91 Å². The van der Waals surface area contributed by atoms with Crippen LogP contribution in [0.3, 0.4) is 0 Å². The first kappa shape index (κ1) is 24.9. The fraction of sp³-hybridized carbons (Fsp3) is 0.542. The van der Waals surface area contributed by atoms with Crippen molar-refractivity contribution in [2.75, 3.05) is 51.7 Å². The summed E-state index contributed by atoms with van der Waals surface area (Å²) in [6.07, 6.45) is 2.93. The summed E-state index contributed by atoms with van der Waals surface area (Å²) < 4.78 is 46.9. The van der Waals surface area contributed by atoms with Gasteiger partial charge >= 0.3 is 0 Å². The van der Waals surface area contributed by atoms with Gasteiger partial charge in [-0.05, 0) is 37.5 Å². The summed E-state index contributed by atoms with van der Waals surface area (Å²) in [5, 5.41) is 0.709. The Balaban J connectivity index is 1.39. The molecule has 1 aromatic carbocycles. The normalized spacial score (nSPS) is 19.4. The topological polar surface area (TPSA) is 58.6 Å². The Bertz CT molecular complexity index is 1020. The third kappa shape index (κ3) is 6.09. The summed E-state index contributed by atoms with van der Waals surface area (Å²) in [4.78, 5) is 26.0. The number of hydrogen-bond donors (Lipinski definition) is 0. The Kier molecular flexibility index (Phi) is 8.44. The second-order valence-corrected chi connectivity index (χ2v) is 9.76. The van der Waals surface area contributed by atoms with Gasteiger partial charge in [-0.25, -0.2) is 23.1 Å². The van der Waals surface area contributed by atoms with E-state index in [1.807, 2.05) is 13.1 Å². The van der Waals surface area contributed by atoms with E-state index in [4.69, 9.17) is 9.72 Å². The number of carbonyl (C=O) groups is 1. The number of halogens is 3. The molecule has 2 aliphatic rings. The molecule has 0 N–H and O–H groups in total. The van der Waals surface area contributed by atoms with Crippen LogP contribution in [-0.4, -0.2) is 77.4 Å². The Morgan fingerprint density at radius 2 is 1.94 bits per heavy atom. The quantitative estimate of drug-likeness (QED) is 0.333. The Hall–Kier alpha value is -2.17. The number of carbonyl (C=O) groups excluding carboxylic acids is 1. The van der Waals surface area contributed by atoms with Crippen molar-refractivity contribution >= 4 is 17.7 Å². The van der Waals surface area contributed by atoms with Crippen LogP contribution in [0.1, 0.15) is 35.6 Å². The number of benzene rings is 1. The minimum Gasteiger partial charge on any atom is -0.379 e.